The normalized spacial score (nSPS) is 18.5. The summed E-state index contributed by atoms with van der Waals surface area (Å²) >= 11 is 0. The Morgan fingerprint density at radius 2 is 1.87 bits per heavy atom. The largest absolute Gasteiger partial charge is 0.478 e. The molecule has 3 heteroatoms. The van der Waals surface area contributed by atoms with Crippen molar-refractivity contribution in [3.63, 3.8) is 0 Å². The van der Waals surface area contributed by atoms with Crippen molar-refractivity contribution in [2.45, 2.75) is 12.3 Å². The van der Waals surface area contributed by atoms with Gasteiger partial charge in [0.25, 0.3) is 0 Å². The van der Waals surface area contributed by atoms with Crippen LogP contribution < -0.4 is 0 Å². The van der Waals surface area contributed by atoms with Crippen LogP contribution in [0.5, 0.6) is 0 Å². The molecule has 3 rings (SSSR count). The van der Waals surface area contributed by atoms with Crippen molar-refractivity contribution < 1.29 is 9.90 Å². The molecule has 1 fully saturated rings. The van der Waals surface area contributed by atoms with Crippen molar-refractivity contribution >= 4 is 12.0 Å². The Bertz CT molecular complexity index is 694. The molecule has 1 aliphatic heterocycles. The van der Waals surface area contributed by atoms with Gasteiger partial charge in [-0.2, -0.15) is 0 Å². The van der Waals surface area contributed by atoms with Crippen LogP contribution >= 0.6 is 0 Å². The van der Waals surface area contributed by atoms with Crippen molar-refractivity contribution in [1.82, 2.24) is 4.90 Å². The maximum absolute atomic E-state index is 11.4. The second-order valence-corrected chi connectivity index (χ2v) is 5.95. The van der Waals surface area contributed by atoms with E-state index in [0.29, 0.717) is 11.5 Å². The highest BCUT2D eigenvalue weighted by Gasteiger charge is 2.26. The molecule has 23 heavy (non-hydrogen) atoms. The van der Waals surface area contributed by atoms with E-state index in [4.69, 9.17) is 0 Å². The molecule has 0 radical (unpaired) electrons. The third-order valence-corrected chi connectivity index (χ3v) is 4.38. The molecule has 0 aliphatic carbocycles. The summed E-state index contributed by atoms with van der Waals surface area (Å²) in [6.07, 6.45) is 5.34. The Morgan fingerprint density at radius 1 is 1.13 bits per heavy atom. The number of hydrogen-bond donors (Lipinski definition) is 1. The molecule has 1 aliphatic rings. The van der Waals surface area contributed by atoms with E-state index in [1.807, 2.05) is 30.3 Å². The first-order valence-electron chi connectivity index (χ1n) is 8.00. The first-order chi connectivity index (χ1) is 11.2. The number of benzene rings is 2. The molecule has 0 bridgehead atoms. The number of carbonyl (C=O) groups is 1. The lowest BCUT2D eigenvalue weighted by Gasteiger charge is -2.15. The van der Waals surface area contributed by atoms with Crippen LogP contribution in [0.4, 0.5) is 0 Å². The van der Waals surface area contributed by atoms with Crippen molar-refractivity contribution in [2.75, 3.05) is 19.6 Å². The topological polar surface area (TPSA) is 40.5 Å². The fraction of sp³-hybridized carbons (Fsp3) is 0.250. The van der Waals surface area contributed by atoms with Gasteiger partial charge in [0, 0.05) is 13.1 Å². The zero-order chi connectivity index (χ0) is 16.1. The first-order valence-corrected chi connectivity index (χ1v) is 8.00. The second-order valence-electron chi connectivity index (χ2n) is 5.95. The SMILES string of the molecule is O=C(O)c1ccccc1C1CCN(CC=Cc2ccccc2)C1. The third-order valence-electron chi connectivity index (χ3n) is 4.38. The molecular formula is C20H21NO2. The van der Waals surface area contributed by atoms with Crippen LogP contribution in [0, 0.1) is 0 Å². The van der Waals surface area contributed by atoms with Crippen LogP contribution in [-0.2, 0) is 0 Å². The predicted molar refractivity (Wildman–Crippen MR) is 92.7 cm³/mol. The number of hydrogen-bond acceptors (Lipinski definition) is 2. The predicted octanol–water partition coefficient (Wildman–Crippen LogP) is 3.89. The Hall–Kier alpha value is -2.39. The van der Waals surface area contributed by atoms with Gasteiger partial charge in [-0.25, -0.2) is 4.79 Å². The third kappa shape index (κ3) is 3.88. The van der Waals surface area contributed by atoms with Crippen LogP contribution in [-0.4, -0.2) is 35.6 Å². The van der Waals surface area contributed by atoms with Gasteiger partial charge in [0.1, 0.15) is 0 Å². The maximum atomic E-state index is 11.4. The molecular weight excluding hydrogens is 286 g/mol. The van der Waals surface area contributed by atoms with Crippen molar-refractivity contribution in [1.29, 1.82) is 0 Å². The number of carboxylic acids is 1. The van der Waals surface area contributed by atoms with E-state index < -0.39 is 5.97 Å². The fourth-order valence-corrected chi connectivity index (χ4v) is 3.20. The van der Waals surface area contributed by atoms with Gasteiger partial charge in [0.05, 0.1) is 5.56 Å². The molecule has 118 valence electrons. The van der Waals surface area contributed by atoms with Gasteiger partial charge in [-0.05, 0) is 36.1 Å². The van der Waals surface area contributed by atoms with Gasteiger partial charge in [-0.15, -0.1) is 0 Å². The Kier molecular flexibility index (Phi) is 4.89. The highest BCUT2D eigenvalue weighted by atomic mass is 16.4. The van der Waals surface area contributed by atoms with E-state index in [-0.39, 0.29) is 0 Å². The molecule has 3 nitrogen and oxygen atoms in total. The Labute approximate surface area is 136 Å². The summed E-state index contributed by atoms with van der Waals surface area (Å²) in [7, 11) is 0. The second kappa shape index (κ2) is 7.25. The van der Waals surface area contributed by atoms with Gasteiger partial charge < -0.3 is 5.11 Å². The zero-order valence-electron chi connectivity index (χ0n) is 13.1. The van der Waals surface area contributed by atoms with Crippen LogP contribution in [0.25, 0.3) is 6.08 Å². The van der Waals surface area contributed by atoms with E-state index in [1.165, 1.54) is 5.56 Å². The summed E-state index contributed by atoms with van der Waals surface area (Å²) in [5, 5.41) is 9.33. The molecule has 0 saturated carbocycles. The van der Waals surface area contributed by atoms with E-state index in [9.17, 15) is 9.90 Å². The Balaban J connectivity index is 1.61. The fourth-order valence-electron chi connectivity index (χ4n) is 3.20. The molecule has 1 atom stereocenters. The lowest BCUT2D eigenvalue weighted by molar-refractivity contribution is 0.0695. The summed E-state index contributed by atoms with van der Waals surface area (Å²) in [6.45, 7) is 2.84. The van der Waals surface area contributed by atoms with Crippen molar-refractivity contribution in [3.05, 3.63) is 77.4 Å². The van der Waals surface area contributed by atoms with Gasteiger partial charge in [0.15, 0.2) is 0 Å². The minimum Gasteiger partial charge on any atom is -0.478 e. The summed E-state index contributed by atoms with van der Waals surface area (Å²) in [6, 6.07) is 17.7. The number of nitrogens with zero attached hydrogens (tertiary/aromatic N) is 1. The number of likely N-dealkylation sites (tertiary alicyclic amines) is 1. The zero-order valence-corrected chi connectivity index (χ0v) is 13.1. The molecule has 2 aromatic carbocycles. The van der Waals surface area contributed by atoms with E-state index in [0.717, 1.165) is 31.6 Å². The summed E-state index contributed by atoms with van der Waals surface area (Å²) < 4.78 is 0. The van der Waals surface area contributed by atoms with E-state index in [2.05, 4.69) is 29.2 Å². The smallest absolute Gasteiger partial charge is 0.335 e. The van der Waals surface area contributed by atoms with Crippen molar-refractivity contribution in [3.8, 4) is 0 Å². The van der Waals surface area contributed by atoms with Crippen LogP contribution in [0.2, 0.25) is 0 Å². The quantitative estimate of drug-likeness (QED) is 0.911. The van der Waals surface area contributed by atoms with Gasteiger partial charge in [-0.1, -0.05) is 60.7 Å². The summed E-state index contributed by atoms with van der Waals surface area (Å²) in [5.41, 5.74) is 2.62. The average Bonchev–Trinajstić information content (AvgIpc) is 3.04. The molecule has 1 N–H and O–H groups in total. The minimum atomic E-state index is -0.831. The maximum Gasteiger partial charge on any atom is 0.335 e. The lowest BCUT2D eigenvalue weighted by atomic mass is 9.93. The Morgan fingerprint density at radius 3 is 2.65 bits per heavy atom. The molecule has 1 saturated heterocycles. The molecule has 1 unspecified atom stereocenters. The van der Waals surface area contributed by atoms with Gasteiger partial charge >= 0.3 is 5.97 Å². The van der Waals surface area contributed by atoms with Crippen LogP contribution in [0.3, 0.4) is 0 Å². The number of aromatic carboxylic acids is 1. The van der Waals surface area contributed by atoms with E-state index in [1.54, 1.807) is 12.1 Å². The molecule has 1 heterocycles. The van der Waals surface area contributed by atoms with E-state index >= 15 is 0 Å². The number of rotatable bonds is 5. The standard InChI is InChI=1S/C20H21NO2/c22-20(23)19-11-5-4-10-18(19)17-12-14-21(15-17)13-6-9-16-7-2-1-3-8-16/h1-11,17H,12-15H2,(H,22,23). The molecule has 0 aromatic heterocycles. The number of carboxylic acid groups (broad SMARTS) is 1. The first kappa shape index (κ1) is 15.5. The summed E-state index contributed by atoms with van der Waals surface area (Å²) in [5.74, 6) is -0.518. The molecule has 2 aromatic rings. The monoisotopic (exact) mass is 307 g/mol. The van der Waals surface area contributed by atoms with Gasteiger partial charge in [0.2, 0.25) is 0 Å². The molecule has 0 spiro atoms. The van der Waals surface area contributed by atoms with Crippen LogP contribution in [0.1, 0.15) is 33.8 Å². The van der Waals surface area contributed by atoms with Gasteiger partial charge in [-0.3, -0.25) is 4.90 Å². The van der Waals surface area contributed by atoms with Crippen LogP contribution in [0.15, 0.2) is 60.7 Å². The highest BCUT2D eigenvalue weighted by molar-refractivity contribution is 5.89. The lowest BCUT2D eigenvalue weighted by Crippen LogP contribution is -2.20. The van der Waals surface area contributed by atoms with Crippen molar-refractivity contribution in [2.24, 2.45) is 0 Å². The average molecular weight is 307 g/mol. The summed E-state index contributed by atoms with van der Waals surface area (Å²) in [4.78, 5) is 13.7. The highest BCUT2D eigenvalue weighted by Crippen LogP contribution is 2.29. The minimum absolute atomic E-state index is 0.312. The molecule has 0 amide bonds.